The van der Waals surface area contributed by atoms with Crippen LogP contribution in [0.5, 0.6) is 0 Å². The lowest BCUT2D eigenvalue weighted by Gasteiger charge is -2.25. The minimum Gasteiger partial charge on any atom is -0.378 e. The van der Waals surface area contributed by atoms with Crippen molar-refractivity contribution in [3.63, 3.8) is 0 Å². The standard InChI is InChI=1S/C13H20N2O/c1-9-6-11(8-15-7-9)13(14-3)12-4-5-16-10(12)2/h6-8,10,12-14H,4-5H2,1-3H3. The average molecular weight is 220 g/mol. The second kappa shape index (κ2) is 4.93. The lowest BCUT2D eigenvalue weighted by molar-refractivity contribution is 0.0962. The van der Waals surface area contributed by atoms with Crippen LogP contribution in [0.3, 0.4) is 0 Å². The molecule has 3 unspecified atom stereocenters. The van der Waals surface area contributed by atoms with E-state index in [0.717, 1.165) is 13.0 Å². The van der Waals surface area contributed by atoms with Crippen molar-refractivity contribution in [2.45, 2.75) is 32.4 Å². The summed E-state index contributed by atoms with van der Waals surface area (Å²) < 4.78 is 5.64. The summed E-state index contributed by atoms with van der Waals surface area (Å²) in [6, 6.07) is 2.56. The lowest BCUT2D eigenvalue weighted by Crippen LogP contribution is -2.29. The van der Waals surface area contributed by atoms with Gasteiger partial charge in [0.05, 0.1) is 6.10 Å². The number of hydrogen-bond acceptors (Lipinski definition) is 3. The molecule has 1 aliphatic heterocycles. The third-order valence-electron chi connectivity index (χ3n) is 3.43. The molecule has 2 rings (SSSR count). The second-order valence-electron chi connectivity index (χ2n) is 4.59. The summed E-state index contributed by atoms with van der Waals surface area (Å²) >= 11 is 0. The van der Waals surface area contributed by atoms with Crippen molar-refractivity contribution in [3.05, 3.63) is 29.6 Å². The predicted molar refractivity (Wildman–Crippen MR) is 64.3 cm³/mol. The van der Waals surface area contributed by atoms with Crippen LogP contribution in [-0.4, -0.2) is 24.7 Å². The first-order valence-electron chi connectivity index (χ1n) is 5.93. The summed E-state index contributed by atoms with van der Waals surface area (Å²) in [6.07, 6.45) is 5.31. The SMILES string of the molecule is CNC(c1cncc(C)c1)C1CCOC1C. The summed E-state index contributed by atoms with van der Waals surface area (Å²) in [5.41, 5.74) is 2.48. The van der Waals surface area contributed by atoms with E-state index in [0.29, 0.717) is 18.1 Å². The average Bonchev–Trinajstić information content (AvgIpc) is 2.67. The fraction of sp³-hybridized carbons (Fsp3) is 0.615. The fourth-order valence-corrected chi connectivity index (χ4v) is 2.56. The Morgan fingerprint density at radius 1 is 1.50 bits per heavy atom. The van der Waals surface area contributed by atoms with Gasteiger partial charge in [0.2, 0.25) is 0 Å². The zero-order chi connectivity index (χ0) is 11.5. The lowest BCUT2D eigenvalue weighted by atomic mass is 9.89. The van der Waals surface area contributed by atoms with E-state index in [2.05, 4.69) is 30.2 Å². The van der Waals surface area contributed by atoms with Crippen molar-refractivity contribution >= 4 is 0 Å². The maximum absolute atomic E-state index is 5.64. The Morgan fingerprint density at radius 3 is 2.88 bits per heavy atom. The van der Waals surface area contributed by atoms with Crippen molar-refractivity contribution < 1.29 is 4.74 Å². The first-order valence-corrected chi connectivity index (χ1v) is 5.93. The van der Waals surface area contributed by atoms with Gasteiger partial charge in [-0.2, -0.15) is 0 Å². The fourth-order valence-electron chi connectivity index (χ4n) is 2.56. The molecule has 3 atom stereocenters. The molecule has 1 saturated heterocycles. The number of nitrogens with zero attached hydrogens (tertiary/aromatic N) is 1. The quantitative estimate of drug-likeness (QED) is 0.846. The maximum Gasteiger partial charge on any atom is 0.0594 e. The normalized spacial score (nSPS) is 26.9. The zero-order valence-corrected chi connectivity index (χ0v) is 10.2. The van der Waals surface area contributed by atoms with Crippen molar-refractivity contribution in [2.24, 2.45) is 5.92 Å². The monoisotopic (exact) mass is 220 g/mol. The zero-order valence-electron chi connectivity index (χ0n) is 10.2. The number of pyridine rings is 1. The van der Waals surface area contributed by atoms with Crippen LogP contribution in [0.25, 0.3) is 0 Å². The van der Waals surface area contributed by atoms with Gasteiger partial charge < -0.3 is 10.1 Å². The molecule has 1 fully saturated rings. The van der Waals surface area contributed by atoms with Gasteiger partial charge in [-0.1, -0.05) is 6.07 Å². The van der Waals surface area contributed by atoms with E-state index in [-0.39, 0.29) is 0 Å². The topological polar surface area (TPSA) is 34.2 Å². The minimum absolute atomic E-state index is 0.331. The van der Waals surface area contributed by atoms with Gasteiger partial charge in [-0.05, 0) is 38.4 Å². The molecular formula is C13H20N2O. The molecular weight excluding hydrogens is 200 g/mol. The van der Waals surface area contributed by atoms with Gasteiger partial charge in [-0.15, -0.1) is 0 Å². The third kappa shape index (κ3) is 2.25. The van der Waals surface area contributed by atoms with Gasteiger partial charge >= 0.3 is 0 Å². The summed E-state index contributed by atoms with van der Waals surface area (Å²) in [7, 11) is 2.01. The molecule has 0 saturated carbocycles. The molecule has 0 spiro atoms. The molecule has 1 aliphatic rings. The molecule has 3 heteroatoms. The number of hydrogen-bond donors (Lipinski definition) is 1. The molecule has 2 heterocycles. The van der Waals surface area contributed by atoms with Crippen molar-refractivity contribution in [3.8, 4) is 0 Å². The van der Waals surface area contributed by atoms with Gasteiger partial charge in [0.1, 0.15) is 0 Å². The Kier molecular flexibility index (Phi) is 3.56. The van der Waals surface area contributed by atoms with Gasteiger partial charge in [0.15, 0.2) is 0 Å². The van der Waals surface area contributed by atoms with Crippen LogP contribution < -0.4 is 5.32 Å². The molecule has 0 amide bonds. The summed E-state index contributed by atoms with van der Waals surface area (Å²) in [5.74, 6) is 0.550. The van der Waals surface area contributed by atoms with Gasteiger partial charge in [0, 0.05) is 31.0 Å². The molecule has 1 N–H and O–H groups in total. The summed E-state index contributed by atoms with van der Waals surface area (Å²) in [6.45, 7) is 5.12. The highest BCUT2D eigenvalue weighted by atomic mass is 16.5. The Bertz CT molecular complexity index is 354. The number of nitrogens with one attached hydrogen (secondary N) is 1. The van der Waals surface area contributed by atoms with Crippen LogP contribution in [-0.2, 0) is 4.74 Å². The number of aromatic nitrogens is 1. The van der Waals surface area contributed by atoms with Crippen molar-refractivity contribution in [1.29, 1.82) is 0 Å². The van der Waals surface area contributed by atoms with E-state index in [1.807, 2.05) is 19.4 Å². The van der Waals surface area contributed by atoms with E-state index in [1.165, 1.54) is 11.1 Å². The molecule has 0 bridgehead atoms. The third-order valence-corrected chi connectivity index (χ3v) is 3.43. The van der Waals surface area contributed by atoms with Gasteiger partial charge in [-0.3, -0.25) is 4.98 Å². The van der Waals surface area contributed by atoms with Crippen LogP contribution >= 0.6 is 0 Å². The summed E-state index contributed by atoms with van der Waals surface area (Å²) in [4.78, 5) is 4.27. The van der Waals surface area contributed by atoms with Crippen LogP contribution in [0.15, 0.2) is 18.5 Å². The second-order valence-corrected chi connectivity index (χ2v) is 4.59. The van der Waals surface area contributed by atoms with E-state index in [1.54, 1.807) is 0 Å². The van der Waals surface area contributed by atoms with Crippen molar-refractivity contribution in [1.82, 2.24) is 10.3 Å². The van der Waals surface area contributed by atoms with Crippen LogP contribution in [0.2, 0.25) is 0 Å². The molecule has 88 valence electrons. The number of rotatable bonds is 3. The molecule has 1 aromatic heterocycles. The number of ether oxygens (including phenoxy) is 1. The molecule has 3 nitrogen and oxygen atoms in total. The van der Waals surface area contributed by atoms with E-state index >= 15 is 0 Å². The molecule has 0 aliphatic carbocycles. The largest absolute Gasteiger partial charge is 0.378 e. The number of aryl methyl sites for hydroxylation is 1. The molecule has 16 heavy (non-hydrogen) atoms. The Balaban J connectivity index is 2.21. The predicted octanol–water partition coefficient (Wildman–Crippen LogP) is 2.08. The molecule has 0 radical (unpaired) electrons. The van der Waals surface area contributed by atoms with E-state index in [4.69, 9.17) is 4.74 Å². The highest BCUT2D eigenvalue weighted by Crippen LogP contribution is 2.32. The van der Waals surface area contributed by atoms with Gasteiger partial charge in [-0.25, -0.2) is 0 Å². The molecule has 0 aromatic carbocycles. The Labute approximate surface area is 97.2 Å². The van der Waals surface area contributed by atoms with Gasteiger partial charge in [0.25, 0.3) is 0 Å². The first kappa shape index (κ1) is 11.6. The van der Waals surface area contributed by atoms with Crippen LogP contribution in [0, 0.1) is 12.8 Å². The van der Waals surface area contributed by atoms with E-state index < -0.39 is 0 Å². The van der Waals surface area contributed by atoms with Crippen LogP contribution in [0.4, 0.5) is 0 Å². The van der Waals surface area contributed by atoms with E-state index in [9.17, 15) is 0 Å². The highest BCUT2D eigenvalue weighted by Gasteiger charge is 2.32. The Morgan fingerprint density at radius 2 is 2.31 bits per heavy atom. The smallest absolute Gasteiger partial charge is 0.0594 e. The highest BCUT2D eigenvalue weighted by molar-refractivity contribution is 5.21. The van der Waals surface area contributed by atoms with Crippen LogP contribution in [0.1, 0.15) is 30.5 Å². The molecule has 1 aromatic rings. The first-order chi connectivity index (χ1) is 7.72. The Hall–Kier alpha value is -0.930. The van der Waals surface area contributed by atoms with Crippen molar-refractivity contribution in [2.75, 3.05) is 13.7 Å². The maximum atomic E-state index is 5.64. The minimum atomic E-state index is 0.331. The summed E-state index contributed by atoms with van der Waals surface area (Å²) in [5, 5.41) is 3.40.